The predicted molar refractivity (Wildman–Crippen MR) is 99.5 cm³/mol. The first kappa shape index (κ1) is 16.7. The van der Waals surface area contributed by atoms with Gasteiger partial charge in [0.05, 0.1) is 12.0 Å². The smallest absolute Gasteiger partial charge is 0.249 e. The Kier molecular flexibility index (Phi) is 4.67. The van der Waals surface area contributed by atoms with Gasteiger partial charge in [0.15, 0.2) is 0 Å². The minimum atomic E-state index is 0.827. The lowest BCUT2D eigenvalue weighted by molar-refractivity contribution is -0.687. The monoisotopic (exact) mass is 339 g/mol. The summed E-state index contributed by atoms with van der Waals surface area (Å²) < 4.78 is 9.59. The quantitative estimate of drug-likeness (QED) is 0.561. The van der Waals surface area contributed by atoms with Crippen molar-refractivity contribution in [3.63, 3.8) is 0 Å². The molecule has 0 saturated carbocycles. The zero-order valence-corrected chi connectivity index (χ0v) is 15.5. The molecule has 124 valence electrons. The number of thiol groups is 1. The number of hydrogen-bond donors (Lipinski definition) is 1. The second-order valence-electron chi connectivity index (χ2n) is 6.23. The molecule has 0 bridgehead atoms. The number of methoxy groups -OCH3 is 1. The van der Waals surface area contributed by atoms with Crippen molar-refractivity contribution >= 4 is 12.6 Å². The summed E-state index contributed by atoms with van der Waals surface area (Å²) in [6.07, 6.45) is 6.23. The molecule has 3 nitrogen and oxygen atoms in total. The minimum Gasteiger partial charge on any atom is -0.497 e. The van der Waals surface area contributed by atoms with Crippen LogP contribution in [0.2, 0.25) is 0 Å². The molecular weight excluding hydrogens is 316 g/mol. The fraction of sp³-hybridized carbons (Fsp3) is 0.250. The van der Waals surface area contributed by atoms with Crippen molar-refractivity contribution in [2.45, 2.75) is 32.2 Å². The van der Waals surface area contributed by atoms with Gasteiger partial charge in [-0.15, -0.1) is 12.6 Å². The molecule has 0 aliphatic rings. The van der Waals surface area contributed by atoms with Crippen LogP contribution in [0.1, 0.15) is 22.3 Å². The SMILES string of the molecule is COc1ccc(S)c(-n2cc[n+](Cc3c(C)cc(C)cc3C)c2)c1. The molecule has 3 aromatic rings. The number of rotatable bonds is 4. The lowest BCUT2D eigenvalue weighted by Gasteiger charge is -2.09. The van der Waals surface area contributed by atoms with Crippen molar-refractivity contribution in [1.82, 2.24) is 4.57 Å². The van der Waals surface area contributed by atoms with Crippen LogP contribution in [0, 0.1) is 20.8 Å². The van der Waals surface area contributed by atoms with Crippen LogP contribution < -0.4 is 9.30 Å². The third-order valence-corrected chi connectivity index (χ3v) is 4.71. The standard InChI is InChI=1S/C20H22N2OS/c1-14-9-15(2)18(16(3)10-14)12-21-7-8-22(13-21)19-11-17(23-4)5-6-20(19)24/h5-11,13H,12H2,1-4H3/p+1. The first-order chi connectivity index (χ1) is 11.5. The van der Waals surface area contributed by atoms with Gasteiger partial charge in [-0.1, -0.05) is 17.7 Å². The second kappa shape index (κ2) is 6.73. The summed E-state index contributed by atoms with van der Waals surface area (Å²) in [4.78, 5) is 0.918. The molecule has 2 aromatic carbocycles. The van der Waals surface area contributed by atoms with E-state index in [0.717, 1.165) is 22.9 Å². The molecule has 0 atom stereocenters. The van der Waals surface area contributed by atoms with Crippen LogP contribution in [0.15, 0.2) is 53.9 Å². The maximum absolute atomic E-state index is 5.32. The maximum atomic E-state index is 5.32. The molecule has 0 radical (unpaired) electrons. The van der Waals surface area contributed by atoms with Crippen LogP contribution in [0.3, 0.4) is 0 Å². The van der Waals surface area contributed by atoms with Gasteiger partial charge in [-0.3, -0.25) is 0 Å². The fourth-order valence-corrected chi connectivity index (χ4v) is 3.36. The number of benzene rings is 2. The number of hydrogen-bond acceptors (Lipinski definition) is 2. The molecule has 0 aliphatic carbocycles. The lowest BCUT2D eigenvalue weighted by atomic mass is 10.00. The highest BCUT2D eigenvalue weighted by molar-refractivity contribution is 7.80. The summed E-state index contributed by atoms with van der Waals surface area (Å²) in [5.74, 6) is 0.827. The van der Waals surface area contributed by atoms with E-state index in [1.807, 2.05) is 24.4 Å². The van der Waals surface area contributed by atoms with Gasteiger partial charge in [-0.25, -0.2) is 9.13 Å². The molecule has 3 rings (SSSR count). The van der Waals surface area contributed by atoms with E-state index in [2.05, 4.69) is 67.2 Å². The largest absolute Gasteiger partial charge is 0.497 e. The number of nitrogens with zero attached hydrogens (tertiary/aromatic N) is 2. The molecule has 0 N–H and O–H groups in total. The van der Waals surface area contributed by atoms with Gasteiger partial charge < -0.3 is 4.74 Å². The van der Waals surface area contributed by atoms with E-state index in [4.69, 9.17) is 4.74 Å². The summed E-state index contributed by atoms with van der Waals surface area (Å²) in [6.45, 7) is 7.36. The van der Waals surface area contributed by atoms with E-state index in [0.29, 0.717) is 0 Å². The van der Waals surface area contributed by atoms with E-state index in [9.17, 15) is 0 Å². The Hall–Kier alpha value is -2.20. The Balaban J connectivity index is 1.92. The zero-order valence-electron chi connectivity index (χ0n) is 14.6. The van der Waals surface area contributed by atoms with Crippen LogP contribution in [0.5, 0.6) is 5.75 Å². The fourth-order valence-electron chi connectivity index (χ4n) is 3.11. The molecule has 4 heteroatoms. The van der Waals surface area contributed by atoms with E-state index >= 15 is 0 Å². The highest BCUT2D eigenvalue weighted by atomic mass is 32.1. The van der Waals surface area contributed by atoms with Gasteiger partial charge in [-0.2, -0.15) is 0 Å². The highest BCUT2D eigenvalue weighted by Crippen LogP contribution is 2.24. The average Bonchev–Trinajstić information content (AvgIpc) is 3.00. The van der Waals surface area contributed by atoms with Crippen LogP contribution in [0.4, 0.5) is 0 Å². The normalized spacial score (nSPS) is 10.9. The summed E-state index contributed by atoms with van der Waals surface area (Å²) in [6, 6.07) is 10.4. The van der Waals surface area contributed by atoms with Crippen molar-refractivity contribution in [3.05, 3.63) is 71.3 Å². The number of imidazole rings is 1. The van der Waals surface area contributed by atoms with Gasteiger partial charge >= 0.3 is 0 Å². The molecule has 0 fully saturated rings. The second-order valence-corrected chi connectivity index (χ2v) is 6.71. The summed E-state index contributed by atoms with van der Waals surface area (Å²) in [5.41, 5.74) is 6.37. The third-order valence-electron chi connectivity index (χ3n) is 4.33. The molecule has 0 unspecified atom stereocenters. The minimum absolute atomic E-state index is 0.827. The molecular formula is C20H23N2OS+. The van der Waals surface area contributed by atoms with Gasteiger partial charge in [0, 0.05) is 6.07 Å². The lowest BCUT2D eigenvalue weighted by Crippen LogP contribution is -2.32. The van der Waals surface area contributed by atoms with Gasteiger partial charge in [0.25, 0.3) is 0 Å². The number of aromatic nitrogens is 2. The first-order valence-electron chi connectivity index (χ1n) is 7.99. The van der Waals surface area contributed by atoms with Gasteiger partial charge in [0.1, 0.15) is 30.4 Å². The van der Waals surface area contributed by atoms with Crippen molar-refractivity contribution in [1.29, 1.82) is 0 Å². The Bertz CT molecular complexity index is 860. The van der Waals surface area contributed by atoms with E-state index in [1.165, 1.54) is 22.3 Å². The van der Waals surface area contributed by atoms with Crippen LogP contribution in [-0.4, -0.2) is 11.7 Å². The predicted octanol–water partition coefficient (Wildman–Crippen LogP) is 4.04. The van der Waals surface area contributed by atoms with Crippen LogP contribution in [-0.2, 0) is 6.54 Å². The molecule has 0 spiro atoms. The molecule has 0 amide bonds. The Morgan fingerprint density at radius 1 is 1.08 bits per heavy atom. The molecule has 0 saturated heterocycles. The highest BCUT2D eigenvalue weighted by Gasteiger charge is 2.13. The number of ether oxygens (including phenoxy) is 1. The van der Waals surface area contributed by atoms with Crippen LogP contribution >= 0.6 is 12.6 Å². The van der Waals surface area contributed by atoms with Crippen LogP contribution in [0.25, 0.3) is 5.69 Å². The van der Waals surface area contributed by atoms with Crippen molar-refractivity contribution in [2.75, 3.05) is 7.11 Å². The van der Waals surface area contributed by atoms with Crippen molar-refractivity contribution < 1.29 is 9.30 Å². The topological polar surface area (TPSA) is 18.0 Å². The summed E-state index contributed by atoms with van der Waals surface area (Å²) in [7, 11) is 1.68. The van der Waals surface area contributed by atoms with Crippen molar-refractivity contribution in [2.24, 2.45) is 0 Å². The molecule has 0 aliphatic heterocycles. The summed E-state index contributed by atoms with van der Waals surface area (Å²) in [5, 5.41) is 0. The van der Waals surface area contributed by atoms with Crippen molar-refractivity contribution in [3.8, 4) is 11.4 Å². The third kappa shape index (κ3) is 3.34. The summed E-state index contributed by atoms with van der Waals surface area (Å²) >= 11 is 4.56. The van der Waals surface area contributed by atoms with E-state index in [1.54, 1.807) is 7.11 Å². The Labute approximate surface area is 148 Å². The Morgan fingerprint density at radius 2 is 1.79 bits per heavy atom. The molecule has 1 heterocycles. The Morgan fingerprint density at radius 3 is 2.46 bits per heavy atom. The zero-order chi connectivity index (χ0) is 17.3. The van der Waals surface area contributed by atoms with E-state index in [-0.39, 0.29) is 0 Å². The maximum Gasteiger partial charge on any atom is 0.249 e. The molecule has 24 heavy (non-hydrogen) atoms. The van der Waals surface area contributed by atoms with Gasteiger partial charge in [-0.05, 0) is 49.6 Å². The molecule has 1 aromatic heterocycles. The first-order valence-corrected chi connectivity index (χ1v) is 8.44. The van der Waals surface area contributed by atoms with Gasteiger partial charge in [0.2, 0.25) is 6.33 Å². The number of aryl methyl sites for hydroxylation is 3. The average molecular weight is 339 g/mol. The van der Waals surface area contributed by atoms with E-state index < -0.39 is 0 Å².